The Kier molecular flexibility index (Phi) is 5.09. The number of hydrogen-bond donors (Lipinski definition) is 0. The minimum atomic E-state index is 0.319. The van der Waals surface area contributed by atoms with Crippen molar-refractivity contribution in [2.75, 3.05) is 7.05 Å². The van der Waals surface area contributed by atoms with E-state index in [1.165, 1.54) is 11.1 Å². The monoisotopic (exact) mass is 419 g/mol. The van der Waals surface area contributed by atoms with E-state index in [1.54, 1.807) is 0 Å². The largest absolute Gasteiger partial charge is 0.230 e. The average molecular weight is 421 g/mol. The van der Waals surface area contributed by atoms with Gasteiger partial charge in [0.1, 0.15) is 7.05 Å². The molecular weight excluding hydrogens is 396 g/mol. The van der Waals surface area contributed by atoms with E-state index in [1.807, 2.05) is 6.92 Å². The Balaban J connectivity index is 2.34. The molecule has 0 aliphatic carbocycles. The zero-order chi connectivity index (χ0) is 18.5. The Hall–Kier alpha value is -1.19. The van der Waals surface area contributed by atoms with Gasteiger partial charge in [0.15, 0.2) is 11.2 Å². The van der Waals surface area contributed by atoms with Gasteiger partial charge < -0.3 is 0 Å². The summed E-state index contributed by atoms with van der Waals surface area (Å²) >= 11 is 10.4. The first-order valence-corrected chi connectivity index (χ1v) is 9.88. The fourth-order valence-corrected chi connectivity index (χ4v) is 4.80. The number of hydrogen-bond acceptors (Lipinski definition) is 1. The lowest BCUT2D eigenvalue weighted by Gasteiger charge is -2.24. The molecule has 1 aromatic rings. The second kappa shape index (κ2) is 6.85. The van der Waals surface area contributed by atoms with Crippen LogP contribution in [0.25, 0.3) is 5.57 Å². The Morgan fingerprint density at radius 1 is 1.36 bits per heavy atom. The van der Waals surface area contributed by atoms with E-state index in [2.05, 4.69) is 73.1 Å². The fraction of sp³-hybridized carbons (Fsp3) is 0.429. The van der Waals surface area contributed by atoms with E-state index >= 15 is 0 Å². The second-order valence-electron chi connectivity index (χ2n) is 7.38. The van der Waals surface area contributed by atoms with Crippen molar-refractivity contribution >= 4 is 49.7 Å². The molecule has 0 spiro atoms. The van der Waals surface area contributed by atoms with Crippen LogP contribution in [0.15, 0.2) is 39.8 Å². The maximum atomic E-state index is 6.79. The standard InChI is InChI=1S/C21H25BrClN2/c1-11(2)18-10-17(22)9-16-8-15-7-12(3)14(5)25(6)20(13(15)4)21(23)24-19(16)18/h7,9-10,13-15H,1,8H2,2-6H3/q+1. The molecule has 132 valence electrons. The highest BCUT2D eigenvalue weighted by Crippen LogP contribution is 2.39. The van der Waals surface area contributed by atoms with Crippen LogP contribution in [0.1, 0.15) is 38.8 Å². The Bertz CT molecular complexity index is 848. The predicted octanol–water partition coefficient (Wildman–Crippen LogP) is 5.99. The molecule has 0 N–H and O–H groups in total. The predicted molar refractivity (Wildman–Crippen MR) is 113 cm³/mol. The summed E-state index contributed by atoms with van der Waals surface area (Å²) in [6, 6.07) is 4.58. The van der Waals surface area contributed by atoms with Gasteiger partial charge in [-0.2, -0.15) is 0 Å². The first-order chi connectivity index (χ1) is 11.7. The third-order valence-corrected chi connectivity index (χ3v) is 6.40. The molecule has 2 nitrogen and oxygen atoms in total. The van der Waals surface area contributed by atoms with E-state index in [-0.39, 0.29) is 0 Å². The molecular formula is C21H25BrClN2+. The number of likely N-dealkylation sites (N-methyl/N-ethyl adjacent to an activating group) is 1. The summed E-state index contributed by atoms with van der Waals surface area (Å²) in [5.41, 5.74) is 6.77. The van der Waals surface area contributed by atoms with Crippen LogP contribution in [0.4, 0.5) is 5.69 Å². The Morgan fingerprint density at radius 3 is 2.68 bits per heavy atom. The van der Waals surface area contributed by atoms with Crippen molar-refractivity contribution in [1.29, 1.82) is 0 Å². The molecule has 2 bridgehead atoms. The minimum Gasteiger partial charge on any atom is -0.230 e. The first-order valence-electron chi connectivity index (χ1n) is 8.71. The van der Waals surface area contributed by atoms with Crippen LogP contribution >= 0.6 is 27.5 Å². The van der Waals surface area contributed by atoms with Gasteiger partial charge in [-0.05, 0) is 55.0 Å². The molecule has 0 fully saturated rings. The van der Waals surface area contributed by atoms with Crippen molar-refractivity contribution in [3.05, 3.63) is 46.0 Å². The summed E-state index contributed by atoms with van der Waals surface area (Å²) in [5.74, 6) is 0.722. The number of rotatable bonds is 1. The molecule has 0 saturated heterocycles. The molecule has 0 aromatic heterocycles. The smallest absolute Gasteiger partial charge is 0.217 e. The molecule has 0 amide bonds. The van der Waals surface area contributed by atoms with E-state index in [9.17, 15) is 0 Å². The van der Waals surface area contributed by atoms with E-state index in [0.29, 0.717) is 23.0 Å². The highest BCUT2D eigenvalue weighted by atomic mass is 79.9. The summed E-state index contributed by atoms with van der Waals surface area (Å²) in [6.07, 6.45) is 3.38. The zero-order valence-corrected chi connectivity index (χ0v) is 17.9. The van der Waals surface area contributed by atoms with Crippen LogP contribution < -0.4 is 0 Å². The molecule has 2 aliphatic heterocycles. The van der Waals surface area contributed by atoms with Crippen molar-refractivity contribution in [1.82, 2.24) is 0 Å². The van der Waals surface area contributed by atoms with Gasteiger partial charge in [-0.25, -0.2) is 9.57 Å². The summed E-state index contributed by atoms with van der Waals surface area (Å²) in [4.78, 5) is 4.88. The van der Waals surface area contributed by atoms with Crippen molar-refractivity contribution < 1.29 is 4.58 Å². The van der Waals surface area contributed by atoms with Crippen LogP contribution in [0, 0.1) is 11.8 Å². The Labute approximate surface area is 164 Å². The highest BCUT2D eigenvalue weighted by molar-refractivity contribution is 9.10. The number of nitrogens with zero attached hydrogens (tertiary/aromatic N) is 2. The fourth-order valence-electron chi connectivity index (χ4n) is 3.91. The summed E-state index contributed by atoms with van der Waals surface area (Å²) < 4.78 is 3.35. The first kappa shape index (κ1) is 18.6. The summed E-state index contributed by atoms with van der Waals surface area (Å²) in [6.45, 7) is 12.9. The molecule has 2 aliphatic rings. The van der Waals surface area contributed by atoms with E-state index in [0.717, 1.165) is 33.4 Å². The lowest BCUT2D eigenvalue weighted by atomic mass is 9.82. The van der Waals surface area contributed by atoms with Gasteiger partial charge in [0.25, 0.3) is 0 Å². The third kappa shape index (κ3) is 3.29. The van der Waals surface area contributed by atoms with Gasteiger partial charge in [0, 0.05) is 17.0 Å². The molecule has 3 unspecified atom stereocenters. The third-order valence-electron chi connectivity index (χ3n) is 5.66. The topological polar surface area (TPSA) is 15.4 Å². The van der Waals surface area contributed by atoms with Crippen LogP contribution in [0.5, 0.6) is 0 Å². The van der Waals surface area contributed by atoms with Crippen LogP contribution in [0.2, 0.25) is 0 Å². The normalized spacial score (nSPS) is 26.1. The maximum absolute atomic E-state index is 6.79. The molecule has 4 heteroatoms. The average Bonchev–Trinajstić information content (AvgIpc) is 2.61. The molecule has 0 radical (unpaired) electrons. The van der Waals surface area contributed by atoms with Crippen LogP contribution in [-0.4, -0.2) is 28.5 Å². The lowest BCUT2D eigenvalue weighted by molar-refractivity contribution is -0.524. The highest BCUT2D eigenvalue weighted by Gasteiger charge is 2.37. The molecule has 1 aromatic carbocycles. The van der Waals surface area contributed by atoms with Crippen molar-refractivity contribution in [3.8, 4) is 0 Å². The van der Waals surface area contributed by atoms with E-state index < -0.39 is 0 Å². The van der Waals surface area contributed by atoms with Crippen molar-refractivity contribution in [3.63, 3.8) is 0 Å². The van der Waals surface area contributed by atoms with Crippen molar-refractivity contribution in [2.45, 2.75) is 40.2 Å². The lowest BCUT2D eigenvalue weighted by Crippen LogP contribution is -2.35. The molecule has 0 saturated carbocycles. The maximum Gasteiger partial charge on any atom is 0.217 e. The van der Waals surface area contributed by atoms with Gasteiger partial charge in [0.2, 0.25) is 5.71 Å². The number of fused-ring (bicyclic) bond motifs is 3. The number of aliphatic imine (C=N–C) groups is 1. The van der Waals surface area contributed by atoms with Crippen LogP contribution in [-0.2, 0) is 6.42 Å². The summed E-state index contributed by atoms with van der Waals surface area (Å²) in [5, 5.41) is 0.598. The quantitative estimate of drug-likeness (QED) is 0.391. The van der Waals surface area contributed by atoms with Crippen LogP contribution in [0.3, 0.4) is 0 Å². The molecule has 25 heavy (non-hydrogen) atoms. The van der Waals surface area contributed by atoms with Gasteiger partial charge in [-0.15, -0.1) is 0 Å². The molecule has 3 atom stereocenters. The van der Waals surface area contributed by atoms with Gasteiger partial charge in [0.05, 0.1) is 11.6 Å². The number of benzene rings is 1. The van der Waals surface area contributed by atoms with Gasteiger partial charge >= 0.3 is 0 Å². The molecule has 3 rings (SSSR count). The van der Waals surface area contributed by atoms with E-state index in [4.69, 9.17) is 16.6 Å². The zero-order valence-electron chi connectivity index (χ0n) is 15.5. The van der Waals surface area contributed by atoms with Gasteiger partial charge in [-0.3, -0.25) is 0 Å². The summed E-state index contributed by atoms with van der Waals surface area (Å²) in [7, 11) is 2.12. The number of halogens is 2. The Morgan fingerprint density at radius 2 is 2.04 bits per heavy atom. The SMILES string of the molecule is C=C(C)c1cc(Br)cc2c1N=C(Cl)C1=[N+](C)C(C)C(C)=CC(C2)C1C. The molecule has 2 heterocycles. The van der Waals surface area contributed by atoms with Crippen molar-refractivity contribution in [2.24, 2.45) is 16.8 Å². The second-order valence-corrected chi connectivity index (χ2v) is 8.66. The number of allylic oxidation sites excluding steroid dienone is 2. The van der Waals surface area contributed by atoms with Gasteiger partial charge in [-0.1, -0.05) is 47.1 Å². The minimum absolute atomic E-state index is 0.319.